The Morgan fingerprint density at radius 2 is 1.91 bits per heavy atom. The lowest BCUT2D eigenvalue weighted by Crippen LogP contribution is -2.37. The van der Waals surface area contributed by atoms with E-state index in [2.05, 4.69) is 24.1 Å². The van der Waals surface area contributed by atoms with Crippen molar-refractivity contribution < 1.29 is 9.18 Å². The van der Waals surface area contributed by atoms with Crippen LogP contribution in [-0.2, 0) is 10.5 Å². The standard InChI is InChI=1S/C26H23ClFN3O2S/c1-26(2)11-18-21(19(32)12-26)20(14-6-4-3-5-7-14)22-23(29-18)30-25(31-24(22)33)34-13-15-8-9-16(28)10-17(15)27/h3-10,20H,11-13H2,1-2H3,(H2,29,30,31,33). The number of ketones is 1. The molecule has 2 aromatic carbocycles. The van der Waals surface area contributed by atoms with Gasteiger partial charge in [-0.2, -0.15) is 0 Å². The minimum atomic E-state index is -0.474. The Labute approximate surface area is 205 Å². The van der Waals surface area contributed by atoms with Crippen LogP contribution in [0.4, 0.5) is 10.2 Å². The maximum absolute atomic E-state index is 13.4. The second-order valence-corrected chi connectivity index (χ2v) is 10.8. The molecule has 1 unspecified atom stereocenters. The van der Waals surface area contributed by atoms with Crippen molar-refractivity contribution in [3.8, 4) is 0 Å². The number of nitrogens with one attached hydrogen (secondary N) is 2. The number of allylic oxidation sites excluding steroid dienone is 2. The van der Waals surface area contributed by atoms with Crippen LogP contribution in [0.2, 0.25) is 5.02 Å². The van der Waals surface area contributed by atoms with Gasteiger partial charge < -0.3 is 10.3 Å². The SMILES string of the molecule is CC1(C)CC(=O)C2=C(C1)Nc1nc(SCc3ccc(F)cc3Cl)[nH]c(=O)c1C2c1ccccc1. The summed E-state index contributed by atoms with van der Waals surface area (Å²) < 4.78 is 13.4. The van der Waals surface area contributed by atoms with Crippen molar-refractivity contribution in [1.82, 2.24) is 9.97 Å². The molecule has 2 N–H and O–H groups in total. The molecule has 1 aliphatic heterocycles. The molecule has 1 aromatic heterocycles. The van der Waals surface area contributed by atoms with Crippen LogP contribution in [0.25, 0.3) is 0 Å². The fourth-order valence-corrected chi connectivity index (χ4v) is 5.90. The van der Waals surface area contributed by atoms with E-state index < -0.39 is 11.7 Å². The van der Waals surface area contributed by atoms with Crippen LogP contribution in [0.5, 0.6) is 0 Å². The Morgan fingerprint density at radius 3 is 2.65 bits per heavy atom. The lowest BCUT2D eigenvalue weighted by molar-refractivity contribution is -0.118. The van der Waals surface area contributed by atoms with Gasteiger partial charge in [-0.25, -0.2) is 9.37 Å². The number of fused-ring (bicyclic) bond motifs is 1. The number of rotatable bonds is 4. The summed E-state index contributed by atoms with van der Waals surface area (Å²) in [6, 6.07) is 13.9. The van der Waals surface area contributed by atoms with Gasteiger partial charge in [-0.3, -0.25) is 9.59 Å². The number of thioether (sulfide) groups is 1. The van der Waals surface area contributed by atoms with Crippen LogP contribution < -0.4 is 10.9 Å². The summed E-state index contributed by atoms with van der Waals surface area (Å²) in [5.41, 5.74) is 3.09. The van der Waals surface area contributed by atoms with Crippen molar-refractivity contribution in [3.05, 3.63) is 97.7 Å². The molecule has 174 valence electrons. The quantitative estimate of drug-likeness (QED) is 0.340. The van der Waals surface area contributed by atoms with E-state index in [-0.39, 0.29) is 16.8 Å². The minimum Gasteiger partial charge on any atom is -0.343 e. The topological polar surface area (TPSA) is 74.8 Å². The summed E-state index contributed by atoms with van der Waals surface area (Å²) in [6.07, 6.45) is 1.13. The van der Waals surface area contributed by atoms with Crippen molar-refractivity contribution in [1.29, 1.82) is 0 Å². The molecule has 5 rings (SSSR count). The molecule has 34 heavy (non-hydrogen) atoms. The third-order valence-electron chi connectivity index (χ3n) is 6.21. The lowest BCUT2D eigenvalue weighted by Gasteiger charge is -2.38. The summed E-state index contributed by atoms with van der Waals surface area (Å²) in [6.45, 7) is 4.14. The molecule has 0 bridgehead atoms. The van der Waals surface area contributed by atoms with E-state index in [1.54, 1.807) is 6.07 Å². The van der Waals surface area contributed by atoms with Gasteiger partial charge in [-0.1, -0.05) is 73.6 Å². The van der Waals surface area contributed by atoms with E-state index in [9.17, 15) is 14.0 Å². The molecule has 8 heteroatoms. The number of hydrogen-bond donors (Lipinski definition) is 2. The number of carbonyl (C=O) groups excluding carboxylic acids is 1. The van der Waals surface area contributed by atoms with Gasteiger partial charge in [-0.05, 0) is 35.1 Å². The molecule has 1 aliphatic carbocycles. The maximum atomic E-state index is 13.4. The molecule has 2 aliphatic rings. The molecular formula is C26H23ClFN3O2S. The summed E-state index contributed by atoms with van der Waals surface area (Å²) in [7, 11) is 0. The van der Waals surface area contributed by atoms with E-state index in [1.807, 2.05) is 30.3 Å². The van der Waals surface area contributed by atoms with Gasteiger partial charge in [0.1, 0.15) is 11.6 Å². The number of nitrogens with zero attached hydrogens (tertiary/aromatic N) is 1. The summed E-state index contributed by atoms with van der Waals surface area (Å²) >= 11 is 7.46. The number of Topliss-reactive ketones (excluding diaryl/α,β-unsaturated/α-hetero) is 1. The summed E-state index contributed by atoms with van der Waals surface area (Å²) in [4.78, 5) is 34.2. The van der Waals surface area contributed by atoms with Gasteiger partial charge in [0.2, 0.25) is 0 Å². The first-order valence-corrected chi connectivity index (χ1v) is 12.4. The van der Waals surface area contributed by atoms with Crippen LogP contribution in [0.15, 0.2) is 69.8 Å². The second-order valence-electron chi connectivity index (χ2n) is 9.46. The molecule has 0 saturated heterocycles. The first-order chi connectivity index (χ1) is 16.2. The Kier molecular flexibility index (Phi) is 5.86. The summed E-state index contributed by atoms with van der Waals surface area (Å²) in [5.74, 6) is 0.0707. The lowest BCUT2D eigenvalue weighted by atomic mass is 9.69. The molecule has 5 nitrogen and oxygen atoms in total. The molecule has 2 heterocycles. The van der Waals surface area contributed by atoms with Gasteiger partial charge >= 0.3 is 0 Å². The third kappa shape index (κ3) is 4.30. The van der Waals surface area contributed by atoms with Gasteiger partial charge in [-0.15, -0.1) is 0 Å². The highest BCUT2D eigenvalue weighted by Gasteiger charge is 2.42. The van der Waals surface area contributed by atoms with Crippen LogP contribution in [0, 0.1) is 11.2 Å². The molecule has 0 amide bonds. The largest absolute Gasteiger partial charge is 0.343 e. The average molecular weight is 496 g/mol. The number of carbonyl (C=O) groups is 1. The number of benzene rings is 2. The van der Waals surface area contributed by atoms with Gasteiger partial charge in [0.25, 0.3) is 5.56 Å². The van der Waals surface area contributed by atoms with E-state index in [0.29, 0.717) is 45.7 Å². The Hall–Kier alpha value is -2.90. The van der Waals surface area contributed by atoms with Crippen LogP contribution in [-0.4, -0.2) is 15.8 Å². The van der Waals surface area contributed by atoms with Gasteiger partial charge in [0.15, 0.2) is 10.9 Å². The molecule has 3 aromatic rings. The number of aromatic nitrogens is 2. The number of H-pyrrole nitrogens is 1. The first kappa shape index (κ1) is 22.9. The van der Waals surface area contributed by atoms with Crippen molar-refractivity contribution in [2.45, 2.75) is 43.5 Å². The maximum Gasteiger partial charge on any atom is 0.257 e. The highest BCUT2D eigenvalue weighted by Crippen LogP contribution is 2.47. The zero-order valence-electron chi connectivity index (χ0n) is 18.7. The fraction of sp³-hybridized carbons (Fsp3) is 0.269. The first-order valence-electron chi connectivity index (χ1n) is 11.0. The number of hydrogen-bond acceptors (Lipinski definition) is 5. The van der Waals surface area contributed by atoms with Crippen molar-refractivity contribution in [3.63, 3.8) is 0 Å². The second kappa shape index (κ2) is 8.71. The molecule has 1 atom stereocenters. The number of anilines is 1. The van der Waals surface area contributed by atoms with Gasteiger partial charge in [0, 0.05) is 34.4 Å². The van der Waals surface area contributed by atoms with Crippen molar-refractivity contribution in [2.24, 2.45) is 5.41 Å². The van der Waals surface area contributed by atoms with Crippen LogP contribution >= 0.6 is 23.4 Å². The predicted molar refractivity (Wildman–Crippen MR) is 133 cm³/mol. The van der Waals surface area contributed by atoms with E-state index >= 15 is 0 Å². The van der Waals surface area contributed by atoms with Crippen LogP contribution in [0.1, 0.15) is 49.3 Å². The number of aromatic amines is 1. The van der Waals surface area contributed by atoms with E-state index in [4.69, 9.17) is 16.6 Å². The van der Waals surface area contributed by atoms with E-state index in [1.165, 1.54) is 23.9 Å². The predicted octanol–water partition coefficient (Wildman–Crippen LogP) is 6.06. The molecule has 0 saturated carbocycles. The average Bonchev–Trinajstić information content (AvgIpc) is 2.77. The minimum absolute atomic E-state index is 0.0575. The molecular weight excluding hydrogens is 473 g/mol. The zero-order valence-corrected chi connectivity index (χ0v) is 20.3. The number of halogens is 2. The molecule has 0 fully saturated rings. The Balaban J connectivity index is 1.56. The fourth-order valence-electron chi connectivity index (χ4n) is 4.73. The highest BCUT2D eigenvalue weighted by molar-refractivity contribution is 7.98. The summed E-state index contributed by atoms with van der Waals surface area (Å²) in [5, 5.41) is 4.07. The van der Waals surface area contributed by atoms with Gasteiger partial charge in [0.05, 0.1) is 5.56 Å². The Bertz CT molecular complexity index is 1380. The normalized spacial score (nSPS) is 18.8. The Morgan fingerprint density at radius 1 is 1.15 bits per heavy atom. The molecule has 0 radical (unpaired) electrons. The smallest absolute Gasteiger partial charge is 0.257 e. The highest BCUT2D eigenvalue weighted by atomic mass is 35.5. The van der Waals surface area contributed by atoms with Crippen LogP contribution in [0.3, 0.4) is 0 Å². The zero-order chi connectivity index (χ0) is 24.0. The molecule has 0 spiro atoms. The van der Waals surface area contributed by atoms with E-state index in [0.717, 1.165) is 16.8 Å². The third-order valence-corrected chi connectivity index (χ3v) is 7.49. The van der Waals surface area contributed by atoms with Crippen molar-refractivity contribution >= 4 is 35.0 Å². The monoisotopic (exact) mass is 495 g/mol. The van der Waals surface area contributed by atoms with Crippen molar-refractivity contribution in [2.75, 3.05) is 5.32 Å².